The molecule has 1 aliphatic heterocycles. The van der Waals surface area contributed by atoms with Gasteiger partial charge in [0, 0.05) is 26.2 Å². The fourth-order valence-corrected chi connectivity index (χ4v) is 4.67. The summed E-state index contributed by atoms with van der Waals surface area (Å²) in [7, 11) is 1.66. The van der Waals surface area contributed by atoms with Crippen LogP contribution in [0.1, 0.15) is 36.1 Å². The van der Waals surface area contributed by atoms with Crippen molar-refractivity contribution in [1.82, 2.24) is 9.80 Å². The highest BCUT2D eigenvalue weighted by molar-refractivity contribution is 5.41. The van der Waals surface area contributed by atoms with Gasteiger partial charge in [-0.3, -0.25) is 4.90 Å². The lowest BCUT2D eigenvalue weighted by molar-refractivity contribution is -0.137. The van der Waals surface area contributed by atoms with Crippen molar-refractivity contribution in [3.63, 3.8) is 0 Å². The average Bonchev–Trinajstić information content (AvgIpc) is 2.78. The maximum Gasteiger partial charge on any atom is 0.416 e. The van der Waals surface area contributed by atoms with Crippen molar-refractivity contribution in [3.8, 4) is 11.5 Å². The normalized spacial score (nSPS) is 22.7. The molecule has 4 rings (SSSR count). The molecule has 31 heavy (non-hydrogen) atoms. The van der Waals surface area contributed by atoms with E-state index in [1.807, 2.05) is 6.07 Å². The van der Waals surface area contributed by atoms with E-state index < -0.39 is 11.7 Å². The molecule has 168 valence electrons. The van der Waals surface area contributed by atoms with Crippen LogP contribution in [0.3, 0.4) is 0 Å². The molecule has 0 N–H and O–H groups in total. The first-order chi connectivity index (χ1) is 14.9. The second-order valence-electron chi connectivity index (χ2n) is 8.20. The predicted molar refractivity (Wildman–Crippen MR) is 114 cm³/mol. The third-order valence-corrected chi connectivity index (χ3v) is 6.44. The van der Waals surface area contributed by atoms with Crippen molar-refractivity contribution >= 4 is 0 Å². The number of aryl methyl sites for hydroxylation is 1. The van der Waals surface area contributed by atoms with Crippen LogP contribution in [0.2, 0.25) is 0 Å². The van der Waals surface area contributed by atoms with Crippen LogP contribution in [-0.4, -0.2) is 55.7 Å². The van der Waals surface area contributed by atoms with E-state index >= 15 is 0 Å². The lowest BCUT2D eigenvalue weighted by Crippen LogP contribution is -2.51. The molecular formula is C24H29F3N2O2. The number of hydrogen-bond acceptors (Lipinski definition) is 4. The Kier molecular flexibility index (Phi) is 6.44. The van der Waals surface area contributed by atoms with Crippen LogP contribution in [0, 0.1) is 0 Å². The van der Waals surface area contributed by atoms with Crippen molar-refractivity contribution in [2.24, 2.45) is 0 Å². The van der Waals surface area contributed by atoms with Gasteiger partial charge in [0.15, 0.2) is 0 Å². The molecule has 0 spiro atoms. The van der Waals surface area contributed by atoms with Gasteiger partial charge >= 0.3 is 6.18 Å². The number of piperazine rings is 1. The molecule has 0 amide bonds. The Morgan fingerprint density at radius 1 is 0.968 bits per heavy atom. The summed E-state index contributed by atoms with van der Waals surface area (Å²) in [6.45, 7) is 7.07. The number of ether oxygens (including phenoxy) is 2. The highest BCUT2D eigenvalue weighted by Crippen LogP contribution is 2.39. The summed E-state index contributed by atoms with van der Waals surface area (Å²) < 4.78 is 50.5. The van der Waals surface area contributed by atoms with E-state index in [-0.39, 0.29) is 12.1 Å². The minimum Gasteiger partial charge on any atom is -0.497 e. The smallest absolute Gasteiger partial charge is 0.416 e. The van der Waals surface area contributed by atoms with Crippen molar-refractivity contribution in [2.75, 3.05) is 39.8 Å². The number of halogens is 3. The fraction of sp³-hybridized carbons (Fsp3) is 0.500. The molecule has 7 heteroatoms. The van der Waals surface area contributed by atoms with E-state index in [0.29, 0.717) is 5.75 Å². The monoisotopic (exact) mass is 434 g/mol. The van der Waals surface area contributed by atoms with Gasteiger partial charge in [0.2, 0.25) is 0 Å². The molecule has 1 heterocycles. The highest BCUT2D eigenvalue weighted by atomic mass is 19.4. The number of rotatable bonds is 5. The molecule has 1 fully saturated rings. The maximum absolute atomic E-state index is 12.9. The van der Waals surface area contributed by atoms with Crippen LogP contribution in [0.4, 0.5) is 13.2 Å². The van der Waals surface area contributed by atoms with Crippen LogP contribution in [0.15, 0.2) is 42.5 Å². The summed E-state index contributed by atoms with van der Waals surface area (Å²) >= 11 is 0. The number of nitrogens with zero attached hydrogens (tertiary/aromatic N) is 2. The summed E-state index contributed by atoms with van der Waals surface area (Å²) in [5, 5.41) is 0. The first kappa shape index (κ1) is 22.0. The summed E-state index contributed by atoms with van der Waals surface area (Å²) in [4.78, 5) is 4.88. The minimum atomic E-state index is -4.35. The van der Waals surface area contributed by atoms with Crippen LogP contribution in [0.5, 0.6) is 11.5 Å². The minimum absolute atomic E-state index is 0.0418. The van der Waals surface area contributed by atoms with E-state index in [4.69, 9.17) is 9.47 Å². The van der Waals surface area contributed by atoms with Crippen molar-refractivity contribution < 1.29 is 22.6 Å². The molecule has 2 aromatic carbocycles. The molecule has 2 atom stereocenters. The Bertz CT molecular complexity index is 877. The van der Waals surface area contributed by atoms with Crippen LogP contribution in [-0.2, 0) is 12.6 Å². The summed E-state index contributed by atoms with van der Waals surface area (Å²) in [6, 6.07) is 11.3. The van der Waals surface area contributed by atoms with Crippen LogP contribution in [0.25, 0.3) is 0 Å². The number of hydrogen-bond donors (Lipinski definition) is 0. The zero-order valence-corrected chi connectivity index (χ0v) is 18.0. The summed E-state index contributed by atoms with van der Waals surface area (Å²) in [5.41, 5.74) is 1.83. The molecule has 0 radical (unpaired) electrons. The largest absolute Gasteiger partial charge is 0.497 e. The quantitative estimate of drug-likeness (QED) is 0.676. The average molecular weight is 435 g/mol. The van der Waals surface area contributed by atoms with Gasteiger partial charge in [0.05, 0.1) is 18.7 Å². The third kappa shape index (κ3) is 4.83. The molecule has 0 bridgehead atoms. The number of likely N-dealkylation sites (N-methyl/N-ethyl adjacent to an activating group) is 1. The van der Waals surface area contributed by atoms with Gasteiger partial charge in [-0.15, -0.1) is 0 Å². The highest BCUT2D eigenvalue weighted by Gasteiger charge is 2.37. The van der Waals surface area contributed by atoms with Crippen molar-refractivity contribution in [3.05, 3.63) is 59.2 Å². The number of benzene rings is 2. The topological polar surface area (TPSA) is 24.9 Å². The Hall–Kier alpha value is -2.25. The molecular weight excluding hydrogens is 405 g/mol. The lowest BCUT2D eigenvalue weighted by Gasteiger charge is -2.44. The fourth-order valence-electron chi connectivity index (χ4n) is 4.67. The zero-order chi connectivity index (χ0) is 22.0. The molecule has 1 saturated heterocycles. The third-order valence-electron chi connectivity index (χ3n) is 6.44. The first-order valence-electron chi connectivity index (χ1n) is 10.9. The number of fused-ring (bicyclic) bond motifs is 1. The number of alkyl halides is 3. The molecule has 2 aromatic rings. The second kappa shape index (κ2) is 9.09. The van der Waals surface area contributed by atoms with Gasteiger partial charge in [0.25, 0.3) is 0 Å². The first-order valence-corrected chi connectivity index (χ1v) is 10.9. The molecule has 0 aromatic heterocycles. The summed E-state index contributed by atoms with van der Waals surface area (Å²) in [5.74, 6) is 1.28. The second-order valence-corrected chi connectivity index (χ2v) is 8.20. The van der Waals surface area contributed by atoms with Crippen molar-refractivity contribution in [2.45, 2.75) is 38.1 Å². The molecule has 1 aliphatic carbocycles. The Labute approximate surface area is 181 Å². The molecule has 4 nitrogen and oxygen atoms in total. The summed E-state index contributed by atoms with van der Waals surface area (Å²) in [6.07, 6.45) is -2.79. The predicted octanol–water partition coefficient (Wildman–Crippen LogP) is 4.79. The van der Waals surface area contributed by atoms with E-state index in [1.54, 1.807) is 7.11 Å². The van der Waals surface area contributed by atoms with Gasteiger partial charge in [-0.2, -0.15) is 13.2 Å². The molecule has 0 unspecified atom stereocenters. The van der Waals surface area contributed by atoms with Crippen LogP contribution >= 0.6 is 0 Å². The van der Waals surface area contributed by atoms with Gasteiger partial charge in [-0.1, -0.05) is 13.0 Å². The Balaban J connectivity index is 1.61. The Morgan fingerprint density at radius 2 is 1.65 bits per heavy atom. The van der Waals surface area contributed by atoms with Crippen LogP contribution < -0.4 is 9.47 Å². The van der Waals surface area contributed by atoms with Gasteiger partial charge in [-0.25, -0.2) is 0 Å². The van der Waals surface area contributed by atoms with Gasteiger partial charge in [0.1, 0.15) is 17.6 Å². The zero-order valence-electron chi connectivity index (χ0n) is 18.0. The van der Waals surface area contributed by atoms with E-state index in [2.05, 4.69) is 28.9 Å². The molecule has 0 saturated carbocycles. The van der Waals surface area contributed by atoms with Gasteiger partial charge < -0.3 is 14.4 Å². The maximum atomic E-state index is 12.9. The molecule has 2 aliphatic rings. The van der Waals surface area contributed by atoms with E-state index in [0.717, 1.165) is 63.4 Å². The number of methoxy groups -OCH3 is 1. The van der Waals surface area contributed by atoms with Crippen molar-refractivity contribution in [1.29, 1.82) is 0 Å². The Morgan fingerprint density at radius 3 is 2.26 bits per heavy atom. The van der Waals surface area contributed by atoms with E-state index in [9.17, 15) is 13.2 Å². The SMILES string of the molecule is CCN1CCN([C@H]2c3cc(OC)ccc3CC[C@@H]2Oc2ccc(C(F)(F)F)cc2)CC1. The van der Waals surface area contributed by atoms with E-state index in [1.165, 1.54) is 23.3 Å². The lowest BCUT2D eigenvalue weighted by atomic mass is 9.84. The van der Waals surface area contributed by atoms with Gasteiger partial charge in [-0.05, 0) is 66.9 Å². The standard InChI is InChI=1S/C24H29F3N2O2/c1-3-28-12-14-29(15-13-28)23-21-16-20(30-2)8-4-17(21)5-11-22(23)31-19-9-6-18(7-10-19)24(25,26)27/h4,6-10,16,22-23H,3,5,11-15H2,1-2H3/t22-,23-/m0/s1.